The normalized spacial score (nSPS) is 26.4. The van der Waals surface area contributed by atoms with Gasteiger partial charge in [-0.2, -0.15) is 0 Å². The van der Waals surface area contributed by atoms with Crippen LogP contribution in [0.15, 0.2) is 11.1 Å². The first-order chi connectivity index (χ1) is 4.97. The van der Waals surface area contributed by atoms with Crippen LogP contribution in [0.1, 0.15) is 32.1 Å². The van der Waals surface area contributed by atoms with E-state index in [1.165, 1.54) is 45.2 Å². The second kappa shape index (κ2) is 2.75. The molecular weight excluding hydrogens is 122 g/mol. The van der Waals surface area contributed by atoms with E-state index < -0.39 is 0 Å². The quantitative estimate of drug-likeness (QED) is 0.502. The average molecular weight is 137 g/mol. The van der Waals surface area contributed by atoms with Crippen LogP contribution in [0.2, 0.25) is 0 Å². The van der Waals surface area contributed by atoms with Crippen molar-refractivity contribution in [1.82, 2.24) is 5.32 Å². The third kappa shape index (κ3) is 1.10. The molecule has 0 aromatic rings. The summed E-state index contributed by atoms with van der Waals surface area (Å²) < 4.78 is 0. The monoisotopic (exact) mass is 137 g/mol. The first-order valence-corrected chi connectivity index (χ1v) is 4.37. The molecule has 0 spiro atoms. The summed E-state index contributed by atoms with van der Waals surface area (Å²) in [6.07, 6.45) is 6.98. The molecule has 56 valence electrons. The second-order valence-corrected chi connectivity index (χ2v) is 3.34. The molecule has 1 saturated carbocycles. The van der Waals surface area contributed by atoms with Gasteiger partial charge in [0.25, 0.3) is 0 Å². The summed E-state index contributed by atoms with van der Waals surface area (Å²) in [4.78, 5) is 0. The van der Waals surface area contributed by atoms with Crippen molar-refractivity contribution >= 4 is 0 Å². The van der Waals surface area contributed by atoms with Crippen LogP contribution in [0.5, 0.6) is 0 Å². The lowest BCUT2D eigenvalue weighted by molar-refractivity contribution is 0.566. The van der Waals surface area contributed by atoms with Crippen LogP contribution in [0, 0.1) is 0 Å². The molecule has 1 heterocycles. The van der Waals surface area contributed by atoms with E-state index in [2.05, 4.69) is 5.32 Å². The molecule has 2 fully saturated rings. The first-order valence-electron chi connectivity index (χ1n) is 4.37. The molecule has 0 amide bonds. The van der Waals surface area contributed by atoms with E-state index in [1.54, 1.807) is 11.1 Å². The number of hydrogen-bond donors (Lipinski definition) is 1. The van der Waals surface area contributed by atoms with Crippen LogP contribution >= 0.6 is 0 Å². The van der Waals surface area contributed by atoms with Crippen molar-refractivity contribution in [2.24, 2.45) is 0 Å². The Morgan fingerprint density at radius 3 is 2.20 bits per heavy atom. The minimum absolute atomic E-state index is 1.19. The third-order valence-electron chi connectivity index (χ3n) is 2.63. The molecular formula is C9H15N. The largest absolute Gasteiger partial charge is 0.313 e. The van der Waals surface area contributed by atoms with E-state index in [0.29, 0.717) is 0 Å². The summed E-state index contributed by atoms with van der Waals surface area (Å²) in [5.74, 6) is 0. The zero-order chi connectivity index (χ0) is 6.81. The maximum absolute atomic E-state index is 3.43. The summed E-state index contributed by atoms with van der Waals surface area (Å²) >= 11 is 0. The lowest BCUT2D eigenvalue weighted by Gasteiger charge is -2.25. The van der Waals surface area contributed by atoms with Crippen LogP contribution in [-0.4, -0.2) is 13.1 Å². The van der Waals surface area contributed by atoms with Crippen LogP contribution in [-0.2, 0) is 0 Å². The maximum Gasteiger partial charge on any atom is 0.0167 e. The number of rotatable bonds is 0. The highest BCUT2D eigenvalue weighted by Crippen LogP contribution is 2.30. The highest BCUT2D eigenvalue weighted by Gasteiger charge is 2.15. The highest BCUT2D eigenvalue weighted by molar-refractivity contribution is 5.21. The molecule has 1 aliphatic heterocycles. The van der Waals surface area contributed by atoms with Crippen LogP contribution in [0.4, 0.5) is 0 Å². The molecule has 0 aromatic heterocycles. The zero-order valence-corrected chi connectivity index (χ0v) is 6.45. The van der Waals surface area contributed by atoms with E-state index >= 15 is 0 Å². The SMILES string of the molecule is C1CC(=C2CCCNC2)C1. The smallest absolute Gasteiger partial charge is 0.0167 e. The van der Waals surface area contributed by atoms with Crippen molar-refractivity contribution < 1.29 is 0 Å². The van der Waals surface area contributed by atoms with Gasteiger partial charge in [0.2, 0.25) is 0 Å². The van der Waals surface area contributed by atoms with Gasteiger partial charge >= 0.3 is 0 Å². The van der Waals surface area contributed by atoms with Gasteiger partial charge in [-0.05, 0) is 38.6 Å². The van der Waals surface area contributed by atoms with Gasteiger partial charge in [-0.3, -0.25) is 0 Å². The standard InChI is InChI=1S/C9H15N/c1-3-8(4-1)9-5-2-6-10-7-9/h10H,1-7H2. The van der Waals surface area contributed by atoms with Crippen molar-refractivity contribution in [2.45, 2.75) is 32.1 Å². The molecule has 0 atom stereocenters. The van der Waals surface area contributed by atoms with Gasteiger partial charge in [0.05, 0.1) is 0 Å². The van der Waals surface area contributed by atoms with E-state index in [-0.39, 0.29) is 0 Å². The van der Waals surface area contributed by atoms with Crippen LogP contribution < -0.4 is 5.32 Å². The Morgan fingerprint density at radius 2 is 1.70 bits per heavy atom. The molecule has 2 rings (SSSR count). The Kier molecular flexibility index (Phi) is 1.76. The van der Waals surface area contributed by atoms with E-state index in [4.69, 9.17) is 0 Å². The van der Waals surface area contributed by atoms with Gasteiger partial charge in [0.15, 0.2) is 0 Å². The lowest BCUT2D eigenvalue weighted by atomic mass is 9.85. The van der Waals surface area contributed by atoms with Crippen molar-refractivity contribution in [2.75, 3.05) is 13.1 Å². The van der Waals surface area contributed by atoms with E-state index in [0.717, 1.165) is 0 Å². The topological polar surface area (TPSA) is 12.0 Å². The Hall–Kier alpha value is -0.300. The fraction of sp³-hybridized carbons (Fsp3) is 0.778. The molecule has 1 nitrogen and oxygen atoms in total. The Balaban J connectivity index is 2.00. The minimum Gasteiger partial charge on any atom is -0.313 e. The van der Waals surface area contributed by atoms with Crippen LogP contribution in [0.25, 0.3) is 0 Å². The number of nitrogens with one attached hydrogen (secondary N) is 1. The maximum atomic E-state index is 3.43. The Morgan fingerprint density at radius 1 is 0.900 bits per heavy atom. The van der Waals surface area contributed by atoms with E-state index in [9.17, 15) is 0 Å². The molecule has 2 aliphatic rings. The Labute approximate surface area is 62.5 Å². The summed E-state index contributed by atoms with van der Waals surface area (Å²) in [7, 11) is 0. The molecule has 1 heteroatoms. The molecule has 1 saturated heterocycles. The van der Waals surface area contributed by atoms with Crippen molar-refractivity contribution in [3.05, 3.63) is 11.1 Å². The number of hydrogen-bond acceptors (Lipinski definition) is 1. The molecule has 10 heavy (non-hydrogen) atoms. The molecule has 0 radical (unpaired) electrons. The van der Waals surface area contributed by atoms with Crippen LogP contribution in [0.3, 0.4) is 0 Å². The molecule has 0 unspecified atom stereocenters. The first kappa shape index (κ1) is 6.41. The fourth-order valence-corrected chi connectivity index (χ4v) is 1.76. The van der Waals surface area contributed by atoms with Gasteiger partial charge in [-0.1, -0.05) is 11.1 Å². The molecule has 1 aliphatic carbocycles. The summed E-state index contributed by atoms with van der Waals surface area (Å²) in [6, 6.07) is 0. The molecule has 0 aromatic carbocycles. The summed E-state index contributed by atoms with van der Waals surface area (Å²) in [5, 5.41) is 3.43. The predicted molar refractivity (Wildman–Crippen MR) is 43.0 cm³/mol. The summed E-state index contributed by atoms with van der Waals surface area (Å²) in [5.41, 5.74) is 3.50. The van der Waals surface area contributed by atoms with Gasteiger partial charge < -0.3 is 5.32 Å². The molecule has 0 bridgehead atoms. The third-order valence-corrected chi connectivity index (χ3v) is 2.63. The summed E-state index contributed by atoms with van der Waals surface area (Å²) in [6.45, 7) is 2.42. The van der Waals surface area contributed by atoms with Gasteiger partial charge in [0, 0.05) is 6.54 Å². The minimum atomic E-state index is 1.19. The Bertz CT molecular complexity index is 144. The lowest BCUT2D eigenvalue weighted by Crippen LogP contribution is -2.25. The predicted octanol–water partition coefficient (Wildman–Crippen LogP) is 1.85. The van der Waals surface area contributed by atoms with Crippen molar-refractivity contribution in [3.63, 3.8) is 0 Å². The second-order valence-electron chi connectivity index (χ2n) is 3.34. The zero-order valence-electron chi connectivity index (χ0n) is 6.45. The number of allylic oxidation sites excluding steroid dienone is 1. The van der Waals surface area contributed by atoms with Gasteiger partial charge in [-0.15, -0.1) is 0 Å². The number of piperidine rings is 1. The fourth-order valence-electron chi connectivity index (χ4n) is 1.76. The molecule has 1 N–H and O–H groups in total. The van der Waals surface area contributed by atoms with E-state index in [1.807, 2.05) is 0 Å². The van der Waals surface area contributed by atoms with Gasteiger partial charge in [0.1, 0.15) is 0 Å². The van der Waals surface area contributed by atoms with Gasteiger partial charge in [-0.25, -0.2) is 0 Å². The average Bonchev–Trinajstić information content (AvgIpc) is 1.86. The van der Waals surface area contributed by atoms with Crippen molar-refractivity contribution in [1.29, 1.82) is 0 Å². The van der Waals surface area contributed by atoms with Crippen molar-refractivity contribution in [3.8, 4) is 0 Å². The highest BCUT2D eigenvalue weighted by atomic mass is 14.9.